The van der Waals surface area contributed by atoms with E-state index in [1.54, 1.807) is 7.05 Å². The Morgan fingerprint density at radius 3 is 3.00 bits per heavy atom. The summed E-state index contributed by atoms with van der Waals surface area (Å²) < 4.78 is 10.1. The number of hydrogen-bond donors (Lipinski definition) is 3. The molecule has 0 saturated carbocycles. The van der Waals surface area contributed by atoms with Crippen LogP contribution in [0, 0.1) is 0 Å². The molecule has 2 aromatic rings. The average Bonchev–Trinajstić information content (AvgIpc) is 3.06. The summed E-state index contributed by atoms with van der Waals surface area (Å²) in [6.45, 7) is 0.561. The van der Waals surface area contributed by atoms with Crippen LogP contribution in [0.3, 0.4) is 0 Å². The second-order valence-corrected chi connectivity index (χ2v) is 4.82. The summed E-state index contributed by atoms with van der Waals surface area (Å²) in [4.78, 5) is 16.0. The summed E-state index contributed by atoms with van der Waals surface area (Å²) in [7, 11) is 3.06. The fraction of sp³-hybridized carbons (Fsp3) is 0.364. The van der Waals surface area contributed by atoms with Crippen LogP contribution in [-0.2, 0) is 6.42 Å². The van der Waals surface area contributed by atoms with Crippen molar-refractivity contribution in [3.8, 4) is 5.75 Å². The molecule has 0 fully saturated rings. The van der Waals surface area contributed by atoms with Crippen LogP contribution in [0.25, 0.3) is 0 Å². The Balaban J connectivity index is 2.08. The van der Waals surface area contributed by atoms with Gasteiger partial charge >= 0.3 is 0 Å². The number of carbonyl (C=O) groups excluding carboxylic acids is 1. The van der Waals surface area contributed by atoms with Gasteiger partial charge in [0.05, 0.1) is 7.11 Å². The predicted molar refractivity (Wildman–Crippen MR) is 75.2 cm³/mol. The van der Waals surface area contributed by atoms with Crippen molar-refractivity contribution in [1.29, 1.82) is 0 Å². The lowest BCUT2D eigenvalue weighted by molar-refractivity contribution is 0.0967. The summed E-state index contributed by atoms with van der Waals surface area (Å²) in [6, 6.07) is 0. The van der Waals surface area contributed by atoms with Gasteiger partial charge in [-0.25, -0.2) is 0 Å². The first-order valence-corrected chi connectivity index (χ1v) is 6.66. The molecule has 2 heterocycles. The maximum absolute atomic E-state index is 11.7. The van der Waals surface area contributed by atoms with Crippen LogP contribution in [0.1, 0.15) is 15.6 Å². The second-order valence-electron chi connectivity index (χ2n) is 3.80. The Kier molecular flexibility index (Phi) is 4.41. The third-order valence-corrected chi connectivity index (χ3v) is 3.71. The molecule has 4 N–H and O–H groups in total. The number of nitrogens with zero attached hydrogens (tertiary/aromatic N) is 2. The number of anilines is 2. The number of methoxy groups -OCH3 is 1. The predicted octanol–water partition coefficient (Wildman–Crippen LogP) is 0.736. The Morgan fingerprint density at radius 2 is 2.40 bits per heavy atom. The highest BCUT2D eigenvalue weighted by molar-refractivity contribution is 7.19. The molecule has 0 saturated heterocycles. The third-order valence-electron chi connectivity index (χ3n) is 2.57. The van der Waals surface area contributed by atoms with Crippen LogP contribution in [0.4, 0.5) is 10.7 Å². The largest absolute Gasteiger partial charge is 0.492 e. The maximum Gasteiger partial charge on any atom is 0.263 e. The minimum atomic E-state index is -0.240. The number of nitrogens with one attached hydrogen (secondary N) is 2. The molecule has 9 heteroatoms. The number of rotatable bonds is 6. The summed E-state index contributed by atoms with van der Waals surface area (Å²) in [5.41, 5.74) is 6.23. The van der Waals surface area contributed by atoms with Gasteiger partial charge < -0.3 is 25.6 Å². The average molecular weight is 297 g/mol. The van der Waals surface area contributed by atoms with E-state index in [-0.39, 0.29) is 5.91 Å². The standard InChI is InChI=1S/C11H15N5O3S/c1-13-10(17)9-7(12)8(18-2)11(20-9)14-4-3-6-15-5-16-19-6/h5,14H,3-4,12H2,1-2H3,(H,13,17). The molecule has 0 aliphatic rings. The van der Waals surface area contributed by atoms with Crippen molar-refractivity contribution in [3.05, 3.63) is 17.1 Å². The highest BCUT2D eigenvalue weighted by Crippen LogP contribution is 2.42. The quantitative estimate of drug-likeness (QED) is 0.720. The Morgan fingerprint density at radius 1 is 1.60 bits per heavy atom. The molecule has 108 valence electrons. The number of nitrogens with two attached hydrogens (primary N) is 1. The molecule has 20 heavy (non-hydrogen) atoms. The van der Waals surface area contributed by atoms with Crippen LogP contribution in [-0.4, -0.2) is 36.8 Å². The van der Waals surface area contributed by atoms with Gasteiger partial charge in [-0.1, -0.05) is 5.16 Å². The first-order chi connectivity index (χ1) is 9.67. The number of amides is 1. The number of carbonyl (C=O) groups is 1. The van der Waals surface area contributed by atoms with Gasteiger partial charge in [0, 0.05) is 20.0 Å². The number of aromatic nitrogens is 2. The smallest absolute Gasteiger partial charge is 0.263 e. The van der Waals surface area contributed by atoms with E-state index in [9.17, 15) is 4.79 Å². The van der Waals surface area contributed by atoms with E-state index >= 15 is 0 Å². The first kappa shape index (κ1) is 14.1. The van der Waals surface area contributed by atoms with E-state index in [1.807, 2.05) is 0 Å². The van der Waals surface area contributed by atoms with Crippen molar-refractivity contribution in [2.24, 2.45) is 0 Å². The number of thiophene rings is 1. The molecule has 1 amide bonds. The number of nitrogen functional groups attached to an aromatic ring is 1. The lowest BCUT2D eigenvalue weighted by atomic mass is 10.3. The minimum Gasteiger partial charge on any atom is -0.492 e. The molecule has 2 aromatic heterocycles. The summed E-state index contributed by atoms with van der Waals surface area (Å²) in [6.07, 6.45) is 1.92. The highest BCUT2D eigenvalue weighted by atomic mass is 32.1. The zero-order chi connectivity index (χ0) is 14.5. The van der Waals surface area contributed by atoms with Crippen LogP contribution < -0.4 is 21.1 Å². The van der Waals surface area contributed by atoms with Crippen LogP contribution >= 0.6 is 11.3 Å². The molecule has 2 rings (SSSR count). The fourth-order valence-corrected chi connectivity index (χ4v) is 2.68. The van der Waals surface area contributed by atoms with Gasteiger partial charge in [0.1, 0.15) is 15.6 Å². The van der Waals surface area contributed by atoms with Gasteiger partial charge in [0.15, 0.2) is 12.1 Å². The molecular weight excluding hydrogens is 282 g/mol. The monoisotopic (exact) mass is 297 g/mol. The van der Waals surface area contributed by atoms with Crippen molar-refractivity contribution >= 4 is 27.9 Å². The van der Waals surface area contributed by atoms with Crippen LogP contribution in [0.15, 0.2) is 10.9 Å². The Labute approximate surface area is 119 Å². The van der Waals surface area contributed by atoms with E-state index in [4.69, 9.17) is 15.0 Å². The van der Waals surface area contributed by atoms with Gasteiger partial charge in [-0.15, -0.1) is 11.3 Å². The fourth-order valence-electron chi connectivity index (χ4n) is 1.62. The summed E-state index contributed by atoms with van der Waals surface area (Å²) >= 11 is 1.24. The van der Waals surface area contributed by atoms with Crippen molar-refractivity contribution in [2.45, 2.75) is 6.42 Å². The second kappa shape index (κ2) is 6.24. The van der Waals surface area contributed by atoms with Gasteiger partial charge in [0.2, 0.25) is 5.89 Å². The number of ether oxygens (including phenoxy) is 1. The minimum absolute atomic E-state index is 0.240. The topological polar surface area (TPSA) is 115 Å². The van der Waals surface area contributed by atoms with E-state index < -0.39 is 0 Å². The molecular formula is C11H15N5O3S. The maximum atomic E-state index is 11.7. The third kappa shape index (κ3) is 2.82. The SMILES string of the molecule is CNC(=O)c1sc(NCCc2ncno2)c(OC)c1N. The van der Waals surface area contributed by atoms with Crippen molar-refractivity contribution in [1.82, 2.24) is 15.5 Å². The van der Waals surface area contributed by atoms with Gasteiger partial charge in [-0.2, -0.15) is 4.98 Å². The van der Waals surface area contributed by atoms with Crippen molar-refractivity contribution < 1.29 is 14.1 Å². The first-order valence-electron chi connectivity index (χ1n) is 5.85. The van der Waals surface area contributed by atoms with Gasteiger partial charge in [-0.3, -0.25) is 4.79 Å². The molecule has 0 aliphatic heterocycles. The van der Waals surface area contributed by atoms with Crippen LogP contribution in [0.5, 0.6) is 5.75 Å². The van der Waals surface area contributed by atoms with E-state index in [0.29, 0.717) is 40.2 Å². The normalized spacial score (nSPS) is 10.3. The van der Waals surface area contributed by atoms with Crippen molar-refractivity contribution in [3.63, 3.8) is 0 Å². The summed E-state index contributed by atoms with van der Waals surface area (Å²) in [5.74, 6) is 0.766. The van der Waals surface area contributed by atoms with E-state index in [2.05, 4.69) is 20.8 Å². The van der Waals surface area contributed by atoms with Crippen molar-refractivity contribution in [2.75, 3.05) is 31.8 Å². The molecule has 0 unspecified atom stereocenters. The molecule has 0 bridgehead atoms. The molecule has 0 spiro atoms. The molecule has 0 aliphatic carbocycles. The van der Waals surface area contributed by atoms with Gasteiger partial charge in [0.25, 0.3) is 5.91 Å². The Hall–Kier alpha value is -2.29. The van der Waals surface area contributed by atoms with E-state index in [1.165, 1.54) is 24.8 Å². The molecule has 0 radical (unpaired) electrons. The lowest BCUT2D eigenvalue weighted by Crippen LogP contribution is -2.17. The molecule has 0 aromatic carbocycles. The highest BCUT2D eigenvalue weighted by Gasteiger charge is 2.20. The number of hydrogen-bond acceptors (Lipinski definition) is 8. The zero-order valence-corrected chi connectivity index (χ0v) is 11.9. The molecule has 8 nitrogen and oxygen atoms in total. The Bertz CT molecular complexity index is 581. The van der Waals surface area contributed by atoms with Gasteiger partial charge in [-0.05, 0) is 0 Å². The zero-order valence-electron chi connectivity index (χ0n) is 11.1. The summed E-state index contributed by atoms with van der Waals surface area (Å²) in [5, 5.41) is 9.91. The van der Waals surface area contributed by atoms with Crippen LogP contribution in [0.2, 0.25) is 0 Å². The molecule has 0 atom stereocenters. The lowest BCUT2D eigenvalue weighted by Gasteiger charge is -2.05. The van der Waals surface area contributed by atoms with E-state index in [0.717, 1.165) is 0 Å².